The van der Waals surface area contributed by atoms with Crippen LogP contribution in [0.15, 0.2) is 30.3 Å². The zero-order valence-electron chi connectivity index (χ0n) is 10.6. The Morgan fingerprint density at radius 2 is 2.22 bits per heavy atom. The molecule has 1 aromatic rings. The highest BCUT2D eigenvalue weighted by molar-refractivity contribution is 5.93. The fourth-order valence-corrected chi connectivity index (χ4v) is 2.02. The quantitative estimate of drug-likeness (QED) is 0.758. The van der Waals surface area contributed by atoms with Gasteiger partial charge in [0.2, 0.25) is 0 Å². The number of carbonyl (C=O) groups excluding carboxylic acids is 1. The molecule has 1 atom stereocenters. The molecule has 1 aromatic carbocycles. The van der Waals surface area contributed by atoms with Crippen molar-refractivity contribution < 1.29 is 9.53 Å². The van der Waals surface area contributed by atoms with Crippen LogP contribution in [0.3, 0.4) is 0 Å². The number of nitrogens with zero attached hydrogens (tertiary/aromatic N) is 1. The van der Waals surface area contributed by atoms with Gasteiger partial charge in [-0.3, -0.25) is 4.79 Å². The van der Waals surface area contributed by atoms with E-state index in [0.717, 1.165) is 18.5 Å². The van der Waals surface area contributed by atoms with Gasteiger partial charge >= 0.3 is 0 Å². The van der Waals surface area contributed by atoms with E-state index in [9.17, 15) is 4.79 Å². The van der Waals surface area contributed by atoms with Crippen LogP contribution in [0, 0.1) is 11.8 Å². The number of rotatable bonds is 3. The number of hydrogen-bond donors (Lipinski definition) is 0. The minimum atomic E-state index is -0.0942. The van der Waals surface area contributed by atoms with Gasteiger partial charge in [-0.25, -0.2) is 0 Å². The lowest BCUT2D eigenvalue weighted by molar-refractivity contribution is -0.124. The van der Waals surface area contributed by atoms with Crippen molar-refractivity contribution in [3.8, 4) is 11.8 Å². The number of benzene rings is 1. The van der Waals surface area contributed by atoms with Crippen LogP contribution in [-0.4, -0.2) is 30.0 Å². The fraction of sp³-hybridized carbons (Fsp3) is 0.400. The summed E-state index contributed by atoms with van der Waals surface area (Å²) in [6, 6.07) is 10.1. The molecule has 18 heavy (non-hydrogen) atoms. The normalized spacial score (nSPS) is 18.3. The lowest BCUT2D eigenvalue weighted by Gasteiger charge is -2.13. The van der Waals surface area contributed by atoms with Gasteiger partial charge in [-0.1, -0.05) is 36.3 Å². The van der Waals surface area contributed by atoms with Crippen LogP contribution in [-0.2, 0) is 16.1 Å². The third kappa shape index (κ3) is 3.35. The van der Waals surface area contributed by atoms with E-state index in [-0.39, 0.29) is 12.0 Å². The molecular formula is C15H17NO2. The molecule has 0 aliphatic carbocycles. The maximum absolute atomic E-state index is 11.6. The Morgan fingerprint density at radius 1 is 1.44 bits per heavy atom. The lowest BCUT2D eigenvalue weighted by Crippen LogP contribution is -2.28. The molecule has 0 bridgehead atoms. The van der Waals surface area contributed by atoms with Crippen molar-refractivity contribution in [2.45, 2.75) is 26.1 Å². The standard InChI is InChI=1S/C15H17NO2/c1-2-6-15(17)16-10-9-14(11-16)18-12-13-7-4-3-5-8-13/h3-5,7-8,14H,9-12H2,1H3. The van der Waals surface area contributed by atoms with Gasteiger partial charge < -0.3 is 9.64 Å². The topological polar surface area (TPSA) is 29.5 Å². The van der Waals surface area contributed by atoms with Gasteiger partial charge in [0.05, 0.1) is 12.7 Å². The maximum atomic E-state index is 11.6. The van der Waals surface area contributed by atoms with E-state index in [2.05, 4.69) is 11.8 Å². The van der Waals surface area contributed by atoms with Gasteiger partial charge in [0.15, 0.2) is 0 Å². The smallest absolute Gasteiger partial charge is 0.298 e. The molecule has 1 unspecified atom stereocenters. The van der Waals surface area contributed by atoms with Gasteiger partial charge in [-0.15, -0.1) is 0 Å². The van der Waals surface area contributed by atoms with Crippen molar-refractivity contribution in [1.82, 2.24) is 4.90 Å². The van der Waals surface area contributed by atoms with Crippen molar-refractivity contribution in [1.29, 1.82) is 0 Å². The second kappa shape index (κ2) is 6.23. The minimum absolute atomic E-state index is 0.0942. The third-order valence-corrected chi connectivity index (χ3v) is 2.99. The zero-order valence-corrected chi connectivity index (χ0v) is 10.6. The second-order valence-electron chi connectivity index (χ2n) is 4.33. The molecule has 1 amide bonds. The maximum Gasteiger partial charge on any atom is 0.298 e. The summed E-state index contributed by atoms with van der Waals surface area (Å²) in [5, 5.41) is 0. The molecule has 1 saturated heterocycles. The molecule has 0 N–H and O–H groups in total. The average molecular weight is 243 g/mol. The van der Waals surface area contributed by atoms with Gasteiger partial charge in [-0.05, 0) is 24.8 Å². The number of hydrogen-bond acceptors (Lipinski definition) is 2. The Kier molecular flexibility index (Phi) is 4.38. The molecule has 3 heteroatoms. The summed E-state index contributed by atoms with van der Waals surface area (Å²) < 4.78 is 5.81. The molecule has 0 aromatic heterocycles. The van der Waals surface area contributed by atoms with E-state index in [4.69, 9.17) is 4.74 Å². The average Bonchev–Trinajstić information content (AvgIpc) is 2.87. The summed E-state index contributed by atoms with van der Waals surface area (Å²) in [7, 11) is 0. The first-order valence-electron chi connectivity index (χ1n) is 6.17. The lowest BCUT2D eigenvalue weighted by atomic mass is 10.2. The summed E-state index contributed by atoms with van der Waals surface area (Å²) in [4.78, 5) is 13.3. The molecule has 0 radical (unpaired) electrons. The van der Waals surface area contributed by atoms with Crippen molar-refractivity contribution >= 4 is 5.91 Å². The molecule has 0 saturated carbocycles. The van der Waals surface area contributed by atoms with Gasteiger partial charge in [0, 0.05) is 13.1 Å². The van der Waals surface area contributed by atoms with E-state index in [0.29, 0.717) is 13.2 Å². The first-order chi connectivity index (χ1) is 8.79. The fourth-order valence-electron chi connectivity index (χ4n) is 2.02. The van der Waals surface area contributed by atoms with Crippen molar-refractivity contribution in [2.24, 2.45) is 0 Å². The van der Waals surface area contributed by atoms with Crippen molar-refractivity contribution in [3.05, 3.63) is 35.9 Å². The number of amides is 1. The summed E-state index contributed by atoms with van der Waals surface area (Å²) in [6.45, 7) is 3.68. The zero-order chi connectivity index (χ0) is 12.8. The first kappa shape index (κ1) is 12.7. The minimum Gasteiger partial charge on any atom is -0.372 e. The molecule has 1 aliphatic rings. The van der Waals surface area contributed by atoms with Crippen LogP contribution in [0.5, 0.6) is 0 Å². The monoisotopic (exact) mass is 243 g/mol. The van der Waals surface area contributed by atoms with E-state index in [1.807, 2.05) is 30.3 Å². The third-order valence-electron chi connectivity index (χ3n) is 2.99. The molecule has 1 fully saturated rings. The summed E-state index contributed by atoms with van der Waals surface area (Å²) >= 11 is 0. The highest BCUT2D eigenvalue weighted by atomic mass is 16.5. The predicted molar refractivity (Wildman–Crippen MR) is 69.7 cm³/mol. The summed E-state index contributed by atoms with van der Waals surface area (Å²) in [6.07, 6.45) is 1.03. The largest absolute Gasteiger partial charge is 0.372 e. The molecule has 1 aliphatic heterocycles. The van der Waals surface area contributed by atoms with Crippen molar-refractivity contribution in [3.63, 3.8) is 0 Å². The second-order valence-corrected chi connectivity index (χ2v) is 4.33. The highest BCUT2D eigenvalue weighted by Crippen LogP contribution is 2.14. The Morgan fingerprint density at radius 3 is 2.94 bits per heavy atom. The van der Waals surface area contributed by atoms with E-state index in [1.165, 1.54) is 0 Å². The van der Waals surface area contributed by atoms with Crippen molar-refractivity contribution in [2.75, 3.05) is 13.1 Å². The Balaban J connectivity index is 1.79. The Hall–Kier alpha value is -1.79. The van der Waals surface area contributed by atoms with E-state index >= 15 is 0 Å². The highest BCUT2D eigenvalue weighted by Gasteiger charge is 2.25. The summed E-state index contributed by atoms with van der Waals surface area (Å²) in [5.41, 5.74) is 1.16. The molecule has 3 nitrogen and oxygen atoms in total. The number of likely N-dealkylation sites (tertiary alicyclic amines) is 1. The van der Waals surface area contributed by atoms with Crippen LogP contribution in [0.4, 0.5) is 0 Å². The SMILES string of the molecule is CC#CC(=O)N1CCC(OCc2ccccc2)C1. The van der Waals surface area contributed by atoms with Crippen LogP contribution in [0.25, 0.3) is 0 Å². The van der Waals surface area contributed by atoms with E-state index in [1.54, 1.807) is 11.8 Å². The van der Waals surface area contributed by atoms with Gasteiger partial charge in [0.25, 0.3) is 5.91 Å². The molecular weight excluding hydrogens is 226 g/mol. The van der Waals surface area contributed by atoms with Gasteiger partial charge in [0.1, 0.15) is 0 Å². The number of ether oxygens (including phenoxy) is 1. The molecule has 0 spiro atoms. The number of carbonyl (C=O) groups is 1. The van der Waals surface area contributed by atoms with Crippen LogP contribution in [0.1, 0.15) is 18.9 Å². The summed E-state index contributed by atoms with van der Waals surface area (Å²) in [5.74, 6) is 5.10. The Bertz CT molecular complexity index is 458. The van der Waals surface area contributed by atoms with Crippen LogP contribution in [0.2, 0.25) is 0 Å². The predicted octanol–water partition coefficient (Wildman–Crippen LogP) is 1.83. The van der Waals surface area contributed by atoms with Crippen LogP contribution < -0.4 is 0 Å². The van der Waals surface area contributed by atoms with Gasteiger partial charge in [-0.2, -0.15) is 0 Å². The molecule has 94 valence electrons. The van der Waals surface area contributed by atoms with Crippen LogP contribution >= 0.6 is 0 Å². The molecule has 1 heterocycles. The first-order valence-corrected chi connectivity index (χ1v) is 6.17. The van der Waals surface area contributed by atoms with E-state index < -0.39 is 0 Å². The molecule has 2 rings (SSSR count). The Labute approximate surface area is 108 Å².